The summed E-state index contributed by atoms with van der Waals surface area (Å²) in [6.07, 6.45) is 1.38. The highest BCUT2D eigenvalue weighted by Gasteiger charge is 2.29. The Hall–Kier alpha value is -0.810. The Labute approximate surface area is 77.9 Å². The molecule has 0 bridgehead atoms. The van der Waals surface area contributed by atoms with Crippen LogP contribution in [0.3, 0.4) is 0 Å². The molecule has 0 aliphatic carbocycles. The van der Waals surface area contributed by atoms with Crippen LogP contribution in [0.4, 0.5) is 4.79 Å². The number of carbonyl (C=O) groups excluding carboxylic acids is 1. The smallest absolute Gasteiger partial charge is 0.314 e. The lowest BCUT2D eigenvalue weighted by molar-refractivity contribution is 0.0135. The summed E-state index contributed by atoms with van der Waals surface area (Å²) < 4.78 is 0. The highest BCUT2D eigenvalue weighted by Crippen LogP contribution is 2.16. The van der Waals surface area contributed by atoms with Gasteiger partial charge < -0.3 is 21.1 Å². The lowest BCUT2D eigenvalue weighted by Crippen LogP contribution is -2.50. The first-order valence-electron chi connectivity index (χ1n) is 4.55. The molecule has 1 saturated heterocycles. The molecular weight excluding hydrogens is 170 g/mol. The molecule has 2 amide bonds. The number of hydrogen-bond acceptors (Lipinski definition) is 3. The fourth-order valence-electron chi connectivity index (χ4n) is 1.40. The van der Waals surface area contributed by atoms with Crippen molar-refractivity contribution in [1.29, 1.82) is 0 Å². The van der Waals surface area contributed by atoms with Gasteiger partial charge in [-0.05, 0) is 25.9 Å². The average Bonchev–Trinajstić information content (AvgIpc) is 2.15. The first kappa shape index (κ1) is 10.3. The van der Waals surface area contributed by atoms with Crippen LogP contribution >= 0.6 is 0 Å². The maximum Gasteiger partial charge on any atom is 0.314 e. The highest BCUT2D eigenvalue weighted by molar-refractivity contribution is 5.73. The molecule has 0 spiro atoms. The van der Waals surface area contributed by atoms with Crippen LogP contribution in [0.5, 0.6) is 0 Å². The molecule has 4 N–H and O–H groups in total. The van der Waals surface area contributed by atoms with Crippen LogP contribution < -0.4 is 16.0 Å². The number of piperidine rings is 1. The van der Waals surface area contributed by atoms with E-state index in [1.807, 2.05) is 0 Å². The van der Waals surface area contributed by atoms with E-state index in [4.69, 9.17) is 0 Å². The van der Waals surface area contributed by atoms with Crippen LogP contribution in [0.15, 0.2) is 0 Å². The number of nitrogens with one attached hydrogen (secondary N) is 3. The third-order valence-corrected chi connectivity index (χ3v) is 2.34. The van der Waals surface area contributed by atoms with Crippen molar-refractivity contribution in [2.75, 3.05) is 26.7 Å². The van der Waals surface area contributed by atoms with Crippen LogP contribution in [-0.4, -0.2) is 43.4 Å². The van der Waals surface area contributed by atoms with Crippen LogP contribution in [0, 0.1) is 0 Å². The molecule has 0 aromatic heterocycles. The number of amides is 2. The van der Waals surface area contributed by atoms with E-state index in [2.05, 4.69) is 16.0 Å². The topological polar surface area (TPSA) is 73.4 Å². The lowest BCUT2D eigenvalue weighted by Gasteiger charge is -2.32. The molecule has 0 radical (unpaired) electrons. The van der Waals surface area contributed by atoms with Gasteiger partial charge >= 0.3 is 6.03 Å². The SMILES string of the molecule is CNC(=O)NCC1(O)CCNCC1. The van der Waals surface area contributed by atoms with Gasteiger partial charge in [-0.15, -0.1) is 0 Å². The minimum Gasteiger partial charge on any atom is -0.388 e. The van der Waals surface area contributed by atoms with Crippen molar-refractivity contribution < 1.29 is 9.90 Å². The van der Waals surface area contributed by atoms with Crippen LogP contribution in [0.2, 0.25) is 0 Å². The minimum absolute atomic E-state index is 0.244. The Morgan fingerprint density at radius 2 is 2.15 bits per heavy atom. The van der Waals surface area contributed by atoms with Crippen molar-refractivity contribution in [2.45, 2.75) is 18.4 Å². The number of carbonyl (C=O) groups is 1. The predicted octanol–water partition coefficient (Wildman–Crippen LogP) is -0.970. The van der Waals surface area contributed by atoms with Crippen molar-refractivity contribution in [3.63, 3.8) is 0 Å². The second-order valence-corrected chi connectivity index (χ2v) is 3.41. The molecular formula is C8H17N3O2. The zero-order chi connectivity index (χ0) is 9.73. The summed E-state index contributed by atoms with van der Waals surface area (Å²) in [5.41, 5.74) is -0.724. The molecule has 1 rings (SSSR count). The van der Waals surface area contributed by atoms with E-state index in [1.54, 1.807) is 7.05 Å². The molecule has 13 heavy (non-hydrogen) atoms. The number of hydrogen-bond donors (Lipinski definition) is 4. The largest absolute Gasteiger partial charge is 0.388 e. The Balaban J connectivity index is 2.28. The van der Waals surface area contributed by atoms with E-state index in [0.29, 0.717) is 19.4 Å². The van der Waals surface area contributed by atoms with Gasteiger partial charge in [0.05, 0.1) is 5.60 Å². The Morgan fingerprint density at radius 1 is 1.54 bits per heavy atom. The molecule has 76 valence electrons. The summed E-state index contributed by atoms with van der Waals surface area (Å²) in [7, 11) is 1.56. The molecule has 0 unspecified atom stereocenters. The highest BCUT2D eigenvalue weighted by atomic mass is 16.3. The molecule has 0 saturated carbocycles. The zero-order valence-electron chi connectivity index (χ0n) is 7.89. The van der Waals surface area contributed by atoms with Gasteiger partial charge in [-0.25, -0.2) is 4.79 Å². The molecule has 0 atom stereocenters. The molecule has 1 heterocycles. The molecule has 1 aliphatic rings. The Bertz CT molecular complexity index is 178. The summed E-state index contributed by atoms with van der Waals surface area (Å²) in [6, 6.07) is -0.244. The summed E-state index contributed by atoms with van der Waals surface area (Å²) >= 11 is 0. The maximum atomic E-state index is 10.8. The minimum atomic E-state index is -0.724. The van der Waals surface area contributed by atoms with Crippen LogP contribution in [0.1, 0.15) is 12.8 Å². The van der Waals surface area contributed by atoms with Crippen molar-refractivity contribution in [3.05, 3.63) is 0 Å². The van der Waals surface area contributed by atoms with Crippen molar-refractivity contribution in [2.24, 2.45) is 0 Å². The zero-order valence-corrected chi connectivity index (χ0v) is 7.89. The molecule has 0 aromatic carbocycles. The fraction of sp³-hybridized carbons (Fsp3) is 0.875. The second kappa shape index (κ2) is 4.43. The monoisotopic (exact) mass is 187 g/mol. The van der Waals surface area contributed by atoms with E-state index in [9.17, 15) is 9.90 Å². The number of urea groups is 1. The van der Waals surface area contributed by atoms with Gasteiger partial charge in [-0.2, -0.15) is 0 Å². The van der Waals surface area contributed by atoms with E-state index in [1.165, 1.54) is 0 Å². The van der Waals surface area contributed by atoms with Crippen LogP contribution in [-0.2, 0) is 0 Å². The first-order chi connectivity index (χ1) is 6.16. The van der Waals surface area contributed by atoms with Gasteiger partial charge in [0.1, 0.15) is 0 Å². The third-order valence-electron chi connectivity index (χ3n) is 2.34. The molecule has 1 aliphatic heterocycles. The molecule has 5 heteroatoms. The van der Waals surface area contributed by atoms with Gasteiger partial charge in [0, 0.05) is 13.6 Å². The first-order valence-corrected chi connectivity index (χ1v) is 4.55. The Morgan fingerprint density at radius 3 is 2.69 bits per heavy atom. The van der Waals surface area contributed by atoms with E-state index in [-0.39, 0.29) is 6.03 Å². The van der Waals surface area contributed by atoms with Gasteiger partial charge in [-0.1, -0.05) is 0 Å². The van der Waals surface area contributed by atoms with Gasteiger partial charge in [0.15, 0.2) is 0 Å². The van der Waals surface area contributed by atoms with Gasteiger partial charge in [0.25, 0.3) is 0 Å². The standard InChI is InChI=1S/C8H17N3O2/c1-9-7(12)11-6-8(13)2-4-10-5-3-8/h10,13H,2-6H2,1H3,(H2,9,11,12). The second-order valence-electron chi connectivity index (χ2n) is 3.41. The fourth-order valence-corrected chi connectivity index (χ4v) is 1.40. The summed E-state index contributed by atoms with van der Waals surface area (Å²) in [5, 5.41) is 18.1. The van der Waals surface area contributed by atoms with E-state index in [0.717, 1.165) is 13.1 Å². The van der Waals surface area contributed by atoms with Crippen molar-refractivity contribution >= 4 is 6.03 Å². The van der Waals surface area contributed by atoms with E-state index < -0.39 is 5.60 Å². The average molecular weight is 187 g/mol. The molecule has 1 fully saturated rings. The molecule has 5 nitrogen and oxygen atoms in total. The number of rotatable bonds is 2. The summed E-state index contributed by atoms with van der Waals surface area (Å²) in [5.74, 6) is 0. The maximum absolute atomic E-state index is 10.8. The Kier molecular flexibility index (Phi) is 3.50. The summed E-state index contributed by atoms with van der Waals surface area (Å²) in [4.78, 5) is 10.8. The lowest BCUT2D eigenvalue weighted by atomic mass is 9.92. The van der Waals surface area contributed by atoms with Gasteiger partial charge in [-0.3, -0.25) is 0 Å². The summed E-state index contributed by atoms with van der Waals surface area (Å²) in [6.45, 7) is 1.95. The van der Waals surface area contributed by atoms with Gasteiger partial charge in [0.2, 0.25) is 0 Å². The number of aliphatic hydroxyl groups is 1. The quantitative estimate of drug-likeness (QED) is 0.449. The normalized spacial score (nSPS) is 20.8. The van der Waals surface area contributed by atoms with Crippen LogP contribution in [0.25, 0.3) is 0 Å². The predicted molar refractivity (Wildman–Crippen MR) is 49.5 cm³/mol. The third kappa shape index (κ3) is 3.20. The molecule has 0 aromatic rings. The van der Waals surface area contributed by atoms with Crippen molar-refractivity contribution in [3.8, 4) is 0 Å². The van der Waals surface area contributed by atoms with E-state index >= 15 is 0 Å². The van der Waals surface area contributed by atoms with Crippen molar-refractivity contribution in [1.82, 2.24) is 16.0 Å².